The standard InChI is InChI=1S/C26H27N3O5S/c1-2-28(35(32,33)21-13-7-4-8-14-21)19-25(30)29-18-24(34-23-16-10-9-15-22(23)29)26(31)27-17-20-11-5-3-6-12-20/h3-16,24H,2,17-19H2,1H3,(H,27,31)/t24-/m0/s1. The molecule has 3 aromatic rings. The number of carbonyl (C=O) groups excluding carboxylic acids is 2. The van der Waals surface area contributed by atoms with Crippen molar-refractivity contribution in [2.24, 2.45) is 0 Å². The van der Waals surface area contributed by atoms with Gasteiger partial charge in [0.1, 0.15) is 5.75 Å². The summed E-state index contributed by atoms with van der Waals surface area (Å²) in [7, 11) is -3.86. The maximum atomic E-state index is 13.4. The van der Waals surface area contributed by atoms with E-state index in [0.717, 1.165) is 9.87 Å². The van der Waals surface area contributed by atoms with Gasteiger partial charge in [-0.15, -0.1) is 0 Å². The van der Waals surface area contributed by atoms with E-state index in [0.29, 0.717) is 18.0 Å². The minimum Gasteiger partial charge on any atom is -0.477 e. The smallest absolute Gasteiger partial charge is 0.263 e. The second kappa shape index (κ2) is 10.7. The van der Waals surface area contributed by atoms with Gasteiger partial charge in [-0.05, 0) is 29.8 Å². The summed E-state index contributed by atoms with van der Waals surface area (Å²) in [5, 5.41) is 2.85. The molecule has 0 aliphatic carbocycles. The molecule has 1 aliphatic rings. The van der Waals surface area contributed by atoms with Crippen molar-refractivity contribution < 1.29 is 22.7 Å². The second-order valence-corrected chi connectivity index (χ2v) is 9.96. The van der Waals surface area contributed by atoms with Crippen LogP contribution in [0.5, 0.6) is 5.75 Å². The maximum Gasteiger partial charge on any atom is 0.263 e. The third kappa shape index (κ3) is 5.52. The van der Waals surface area contributed by atoms with Crippen molar-refractivity contribution in [2.75, 3.05) is 24.5 Å². The molecule has 3 aromatic carbocycles. The molecule has 1 atom stereocenters. The number of hydrogen-bond acceptors (Lipinski definition) is 5. The lowest BCUT2D eigenvalue weighted by Crippen LogP contribution is -2.53. The van der Waals surface area contributed by atoms with Crippen molar-refractivity contribution >= 4 is 27.5 Å². The third-order valence-electron chi connectivity index (χ3n) is 5.72. The number of fused-ring (bicyclic) bond motifs is 1. The SMILES string of the molecule is CCN(CC(=O)N1C[C@@H](C(=O)NCc2ccccc2)Oc2ccccc21)S(=O)(=O)c1ccccc1. The molecule has 1 heterocycles. The number of para-hydroxylation sites is 2. The lowest BCUT2D eigenvalue weighted by Gasteiger charge is -2.35. The van der Waals surface area contributed by atoms with Crippen molar-refractivity contribution in [1.29, 1.82) is 0 Å². The van der Waals surface area contributed by atoms with Crippen LogP contribution in [0.1, 0.15) is 12.5 Å². The number of amides is 2. The van der Waals surface area contributed by atoms with Crippen LogP contribution in [0.2, 0.25) is 0 Å². The first kappa shape index (κ1) is 24.4. The van der Waals surface area contributed by atoms with Crippen molar-refractivity contribution in [3.63, 3.8) is 0 Å². The number of ether oxygens (including phenoxy) is 1. The van der Waals surface area contributed by atoms with Crippen LogP contribution < -0.4 is 15.0 Å². The zero-order valence-corrected chi connectivity index (χ0v) is 20.1. The fraction of sp³-hybridized carbons (Fsp3) is 0.231. The van der Waals surface area contributed by atoms with Gasteiger partial charge >= 0.3 is 0 Å². The van der Waals surface area contributed by atoms with Crippen LogP contribution in [0.4, 0.5) is 5.69 Å². The topological polar surface area (TPSA) is 96.0 Å². The Labute approximate surface area is 205 Å². The van der Waals surface area contributed by atoms with Gasteiger partial charge in [-0.25, -0.2) is 8.42 Å². The number of nitrogens with one attached hydrogen (secondary N) is 1. The van der Waals surface area contributed by atoms with Gasteiger partial charge in [0.25, 0.3) is 5.91 Å². The highest BCUT2D eigenvalue weighted by molar-refractivity contribution is 7.89. The predicted molar refractivity (Wildman–Crippen MR) is 132 cm³/mol. The third-order valence-corrected chi connectivity index (χ3v) is 7.66. The van der Waals surface area contributed by atoms with E-state index in [1.165, 1.54) is 17.0 Å². The number of likely N-dealkylation sites (N-methyl/N-ethyl adjacent to an activating group) is 1. The molecule has 0 aromatic heterocycles. The van der Waals surface area contributed by atoms with Gasteiger partial charge in [0, 0.05) is 13.1 Å². The van der Waals surface area contributed by atoms with Crippen LogP contribution in [0, 0.1) is 0 Å². The number of sulfonamides is 1. The summed E-state index contributed by atoms with van der Waals surface area (Å²) in [4.78, 5) is 27.8. The molecule has 0 saturated heterocycles. The number of nitrogens with zero attached hydrogens (tertiary/aromatic N) is 2. The zero-order chi connectivity index (χ0) is 24.8. The predicted octanol–water partition coefficient (Wildman–Crippen LogP) is 2.81. The summed E-state index contributed by atoms with van der Waals surface area (Å²) in [5.74, 6) is -0.408. The van der Waals surface area contributed by atoms with Crippen molar-refractivity contribution in [3.05, 3.63) is 90.5 Å². The van der Waals surface area contributed by atoms with Gasteiger partial charge in [-0.3, -0.25) is 9.59 Å². The van der Waals surface area contributed by atoms with Gasteiger partial charge in [-0.1, -0.05) is 67.6 Å². The molecule has 182 valence electrons. The fourth-order valence-electron chi connectivity index (χ4n) is 3.85. The number of carbonyl (C=O) groups is 2. The summed E-state index contributed by atoms with van der Waals surface area (Å²) in [5.41, 5.74) is 1.44. The van der Waals surface area contributed by atoms with Crippen molar-refractivity contribution in [1.82, 2.24) is 9.62 Å². The molecule has 0 spiro atoms. The number of anilines is 1. The van der Waals surface area contributed by atoms with E-state index in [1.54, 1.807) is 49.4 Å². The van der Waals surface area contributed by atoms with Gasteiger partial charge in [0.2, 0.25) is 15.9 Å². The normalized spacial score (nSPS) is 15.3. The van der Waals surface area contributed by atoms with Crippen molar-refractivity contribution in [2.45, 2.75) is 24.5 Å². The van der Waals surface area contributed by atoms with E-state index >= 15 is 0 Å². The largest absolute Gasteiger partial charge is 0.477 e. The molecule has 2 amide bonds. The lowest BCUT2D eigenvalue weighted by molar-refractivity contribution is -0.128. The number of benzene rings is 3. The highest BCUT2D eigenvalue weighted by Crippen LogP contribution is 2.33. The average molecular weight is 494 g/mol. The molecule has 9 heteroatoms. The van der Waals surface area contributed by atoms with Gasteiger partial charge in [0.15, 0.2) is 6.10 Å². The Kier molecular flexibility index (Phi) is 7.48. The monoisotopic (exact) mass is 493 g/mol. The van der Waals surface area contributed by atoms with E-state index in [-0.39, 0.29) is 30.4 Å². The molecular formula is C26H27N3O5S. The molecule has 4 rings (SSSR count). The van der Waals surface area contributed by atoms with Crippen LogP contribution in [-0.2, 0) is 26.2 Å². The molecule has 0 fully saturated rings. The summed E-state index contributed by atoms with van der Waals surface area (Å²) in [6.45, 7) is 1.74. The van der Waals surface area contributed by atoms with E-state index < -0.39 is 22.0 Å². The van der Waals surface area contributed by atoms with Crippen LogP contribution in [0.25, 0.3) is 0 Å². The minimum absolute atomic E-state index is 0.0284. The van der Waals surface area contributed by atoms with Crippen LogP contribution >= 0.6 is 0 Å². The Morgan fingerprint density at radius 3 is 2.29 bits per heavy atom. The molecule has 0 saturated carbocycles. The summed E-state index contributed by atoms with van der Waals surface area (Å²) < 4.78 is 33.2. The van der Waals surface area contributed by atoms with Crippen LogP contribution in [-0.4, -0.2) is 50.3 Å². The van der Waals surface area contributed by atoms with E-state index in [9.17, 15) is 18.0 Å². The Morgan fingerprint density at radius 1 is 0.971 bits per heavy atom. The van der Waals surface area contributed by atoms with Gasteiger partial charge in [-0.2, -0.15) is 4.31 Å². The Bertz CT molecular complexity index is 1280. The number of hydrogen-bond donors (Lipinski definition) is 1. The summed E-state index contributed by atoms with van der Waals surface area (Å²) in [6.07, 6.45) is -0.932. The fourth-order valence-corrected chi connectivity index (χ4v) is 5.27. The first-order chi connectivity index (χ1) is 16.9. The van der Waals surface area contributed by atoms with E-state index in [2.05, 4.69) is 5.32 Å². The van der Waals surface area contributed by atoms with Gasteiger partial charge < -0.3 is 15.0 Å². The van der Waals surface area contributed by atoms with Gasteiger partial charge in [0.05, 0.1) is 23.7 Å². The minimum atomic E-state index is -3.86. The van der Waals surface area contributed by atoms with Crippen LogP contribution in [0.3, 0.4) is 0 Å². The summed E-state index contributed by atoms with van der Waals surface area (Å²) >= 11 is 0. The molecular weight excluding hydrogens is 466 g/mol. The average Bonchev–Trinajstić information content (AvgIpc) is 2.90. The van der Waals surface area contributed by atoms with Crippen LogP contribution in [0.15, 0.2) is 89.8 Å². The quantitative estimate of drug-likeness (QED) is 0.521. The molecule has 35 heavy (non-hydrogen) atoms. The second-order valence-electron chi connectivity index (χ2n) is 8.03. The Balaban J connectivity index is 1.52. The highest BCUT2D eigenvalue weighted by Gasteiger charge is 2.35. The molecule has 8 nitrogen and oxygen atoms in total. The van der Waals surface area contributed by atoms with E-state index in [1.807, 2.05) is 30.3 Å². The Hall–Kier alpha value is -3.69. The van der Waals surface area contributed by atoms with Crippen molar-refractivity contribution in [3.8, 4) is 5.75 Å². The molecule has 1 N–H and O–H groups in total. The molecule has 0 radical (unpaired) electrons. The Morgan fingerprint density at radius 2 is 1.60 bits per heavy atom. The lowest BCUT2D eigenvalue weighted by atomic mass is 10.1. The van der Waals surface area contributed by atoms with E-state index in [4.69, 9.17) is 4.74 Å². The number of rotatable bonds is 8. The molecule has 1 aliphatic heterocycles. The molecule has 0 unspecified atom stereocenters. The first-order valence-electron chi connectivity index (χ1n) is 11.3. The first-order valence-corrected chi connectivity index (χ1v) is 12.8. The maximum absolute atomic E-state index is 13.4. The zero-order valence-electron chi connectivity index (χ0n) is 19.3. The molecule has 0 bridgehead atoms. The summed E-state index contributed by atoms with van der Waals surface area (Å²) in [6, 6.07) is 24.4. The highest BCUT2D eigenvalue weighted by atomic mass is 32.2.